The molecule has 1 N–H and O–H groups in total. The predicted octanol–water partition coefficient (Wildman–Crippen LogP) is 5.85. The first-order chi connectivity index (χ1) is 8.06. The highest BCUT2D eigenvalue weighted by atomic mass is 79.9. The molecule has 17 heavy (non-hydrogen) atoms. The fourth-order valence-electron chi connectivity index (χ4n) is 1.40. The third kappa shape index (κ3) is 3.47. The zero-order valence-electron chi connectivity index (χ0n) is 9.06. The molecule has 0 bridgehead atoms. The summed E-state index contributed by atoms with van der Waals surface area (Å²) in [6.07, 6.45) is 0. The van der Waals surface area contributed by atoms with Gasteiger partial charge >= 0.3 is 0 Å². The molecule has 0 saturated heterocycles. The van der Waals surface area contributed by atoms with Crippen LogP contribution in [0.1, 0.15) is 9.75 Å². The van der Waals surface area contributed by atoms with Crippen LogP contribution < -0.4 is 5.32 Å². The first-order valence-corrected chi connectivity index (χ1v) is 7.78. The molecule has 1 nitrogen and oxygen atoms in total. The maximum Gasteiger partial charge on any atom is 0.0568 e. The number of halogens is 3. The first-order valence-electron chi connectivity index (χ1n) is 5.00. The highest BCUT2D eigenvalue weighted by molar-refractivity contribution is 9.10. The van der Waals surface area contributed by atoms with Crippen LogP contribution in [0.2, 0.25) is 5.02 Å². The summed E-state index contributed by atoms with van der Waals surface area (Å²) in [6, 6.07) is 8.01. The fraction of sp³-hybridized carbons (Fsp3) is 0.167. The van der Waals surface area contributed by atoms with E-state index in [1.807, 2.05) is 18.2 Å². The molecule has 1 heterocycles. The van der Waals surface area contributed by atoms with E-state index in [0.29, 0.717) is 0 Å². The Morgan fingerprint density at radius 3 is 2.59 bits per heavy atom. The van der Waals surface area contributed by atoms with Gasteiger partial charge < -0.3 is 5.32 Å². The van der Waals surface area contributed by atoms with Crippen LogP contribution in [0.4, 0.5) is 5.69 Å². The Morgan fingerprint density at radius 2 is 2.00 bits per heavy atom. The largest absolute Gasteiger partial charge is 0.380 e. The lowest BCUT2D eigenvalue weighted by Crippen LogP contribution is -1.96. The zero-order chi connectivity index (χ0) is 12.4. The quantitative estimate of drug-likeness (QED) is 0.688. The molecule has 2 aromatic rings. The molecule has 0 atom stereocenters. The van der Waals surface area contributed by atoms with E-state index in [0.717, 1.165) is 21.7 Å². The maximum absolute atomic E-state index is 6.03. The highest BCUT2D eigenvalue weighted by Crippen LogP contribution is 2.28. The number of thiophene rings is 1. The van der Waals surface area contributed by atoms with E-state index in [2.05, 4.69) is 50.2 Å². The number of nitrogens with one attached hydrogen (secondary N) is 1. The van der Waals surface area contributed by atoms with Gasteiger partial charge in [-0.05, 0) is 63.0 Å². The van der Waals surface area contributed by atoms with Crippen LogP contribution in [-0.4, -0.2) is 0 Å². The normalized spacial score (nSPS) is 10.6. The monoisotopic (exact) mass is 393 g/mol. The molecule has 0 spiro atoms. The van der Waals surface area contributed by atoms with Gasteiger partial charge in [0.1, 0.15) is 0 Å². The number of anilines is 1. The van der Waals surface area contributed by atoms with Gasteiger partial charge in [-0.15, -0.1) is 11.3 Å². The maximum atomic E-state index is 6.03. The van der Waals surface area contributed by atoms with Crippen LogP contribution in [0.5, 0.6) is 0 Å². The van der Waals surface area contributed by atoms with Crippen molar-refractivity contribution in [1.29, 1.82) is 0 Å². The van der Waals surface area contributed by atoms with Crippen molar-refractivity contribution in [2.45, 2.75) is 13.5 Å². The molecular weight excluding hydrogens is 385 g/mol. The Morgan fingerprint density at radius 1 is 1.24 bits per heavy atom. The van der Waals surface area contributed by atoms with Gasteiger partial charge in [-0.1, -0.05) is 11.6 Å². The summed E-state index contributed by atoms with van der Waals surface area (Å²) in [5.74, 6) is 0. The van der Waals surface area contributed by atoms with Gasteiger partial charge in [-0.3, -0.25) is 0 Å². The molecule has 0 aliphatic rings. The molecule has 90 valence electrons. The van der Waals surface area contributed by atoms with Gasteiger partial charge in [-0.25, -0.2) is 0 Å². The number of hydrogen-bond acceptors (Lipinski definition) is 2. The molecule has 2 rings (SSSR count). The Kier molecular flexibility index (Phi) is 4.53. The lowest BCUT2D eigenvalue weighted by atomic mass is 10.3. The van der Waals surface area contributed by atoms with E-state index < -0.39 is 0 Å². The Balaban J connectivity index is 2.04. The summed E-state index contributed by atoms with van der Waals surface area (Å²) < 4.78 is 2.09. The summed E-state index contributed by atoms with van der Waals surface area (Å²) in [7, 11) is 0. The second-order valence-corrected chi connectivity index (χ2v) is 7.06. The Bertz CT molecular complexity index is 520. The van der Waals surface area contributed by atoms with Crippen LogP contribution in [0.25, 0.3) is 0 Å². The lowest BCUT2D eigenvalue weighted by molar-refractivity contribution is 1.19. The average molecular weight is 396 g/mol. The average Bonchev–Trinajstić information content (AvgIpc) is 2.60. The van der Waals surface area contributed by atoms with Gasteiger partial charge in [0.25, 0.3) is 0 Å². The van der Waals surface area contributed by atoms with E-state index in [-0.39, 0.29) is 0 Å². The van der Waals surface area contributed by atoms with E-state index in [4.69, 9.17) is 11.6 Å². The third-order valence-electron chi connectivity index (χ3n) is 2.29. The number of rotatable bonds is 3. The number of aryl methyl sites for hydroxylation is 1. The van der Waals surface area contributed by atoms with Crippen molar-refractivity contribution in [3.8, 4) is 0 Å². The van der Waals surface area contributed by atoms with Gasteiger partial charge in [0.05, 0.1) is 5.02 Å². The summed E-state index contributed by atoms with van der Waals surface area (Å²) in [5.41, 5.74) is 1.03. The molecule has 0 fully saturated rings. The molecule has 1 aromatic carbocycles. The topological polar surface area (TPSA) is 12.0 Å². The molecule has 1 aromatic heterocycles. The second-order valence-electron chi connectivity index (χ2n) is 3.60. The number of benzene rings is 1. The smallest absolute Gasteiger partial charge is 0.0568 e. The molecule has 0 amide bonds. The van der Waals surface area contributed by atoms with Crippen molar-refractivity contribution >= 4 is 60.5 Å². The standard InChI is InChI=1S/C12H10Br2ClNS/c1-7-11(14)5-9(17-7)6-16-8-2-3-10(13)12(15)4-8/h2-5,16H,6H2,1H3. The van der Waals surface area contributed by atoms with Gasteiger partial charge in [0.15, 0.2) is 0 Å². The minimum absolute atomic E-state index is 0.721. The van der Waals surface area contributed by atoms with E-state index in [1.54, 1.807) is 11.3 Å². The van der Waals surface area contributed by atoms with Crippen molar-refractivity contribution in [2.75, 3.05) is 5.32 Å². The lowest BCUT2D eigenvalue weighted by Gasteiger charge is -2.05. The van der Waals surface area contributed by atoms with E-state index in [1.165, 1.54) is 14.2 Å². The summed E-state index contributed by atoms with van der Waals surface area (Å²) in [6.45, 7) is 2.92. The minimum Gasteiger partial charge on any atom is -0.380 e. The van der Waals surface area contributed by atoms with Crippen molar-refractivity contribution in [1.82, 2.24) is 0 Å². The van der Waals surface area contributed by atoms with Crippen LogP contribution in [0, 0.1) is 6.92 Å². The van der Waals surface area contributed by atoms with Gasteiger partial charge in [0.2, 0.25) is 0 Å². The summed E-state index contributed by atoms with van der Waals surface area (Å²) >= 11 is 14.7. The van der Waals surface area contributed by atoms with Crippen LogP contribution >= 0.6 is 54.8 Å². The zero-order valence-corrected chi connectivity index (χ0v) is 13.8. The fourth-order valence-corrected chi connectivity index (χ4v) is 3.37. The number of hydrogen-bond donors (Lipinski definition) is 1. The molecule has 0 aliphatic carbocycles. The van der Waals surface area contributed by atoms with E-state index in [9.17, 15) is 0 Å². The van der Waals surface area contributed by atoms with Gasteiger partial charge in [0, 0.05) is 30.9 Å². The van der Waals surface area contributed by atoms with Crippen LogP contribution in [-0.2, 0) is 6.54 Å². The third-order valence-corrected chi connectivity index (χ3v) is 5.66. The van der Waals surface area contributed by atoms with Gasteiger partial charge in [-0.2, -0.15) is 0 Å². The first kappa shape index (κ1) is 13.4. The van der Waals surface area contributed by atoms with Crippen LogP contribution in [0.15, 0.2) is 33.2 Å². The second kappa shape index (κ2) is 5.74. The van der Waals surface area contributed by atoms with E-state index >= 15 is 0 Å². The van der Waals surface area contributed by atoms with Crippen molar-refractivity contribution in [3.05, 3.63) is 48.0 Å². The molecule has 5 heteroatoms. The van der Waals surface area contributed by atoms with Crippen molar-refractivity contribution < 1.29 is 0 Å². The molecule has 0 unspecified atom stereocenters. The Labute approximate surface area is 126 Å². The Hall–Kier alpha value is -0.0300. The molecule has 0 aliphatic heterocycles. The van der Waals surface area contributed by atoms with Crippen molar-refractivity contribution in [3.63, 3.8) is 0 Å². The summed E-state index contributed by atoms with van der Waals surface area (Å²) in [5, 5.41) is 4.07. The molecule has 0 saturated carbocycles. The highest BCUT2D eigenvalue weighted by Gasteiger charge is 2.03. The molecule has 0 radical (unpaired) electrons. The minimum atomic E-state index is 0.721. The van der Waals surface area contributed by atoms with Crippen molar-refractivity contribution in [2.24, 2.45) is 0 Å². The summed E-state index contributed by atoms with van der Waals surface area (Å²) in [4.78, 5) is 2.60. The molecular formula is C12H10Br2ClNS. The SMILES string of the molecule is Cc1sc(CNc2ccc(Br)c(Cl)c2)cc1Br. The van der Waals surface area contributed by atoms with Crippen LogP contribution in [0.3, 0.4) is 0 Å². The predicted molar refractivity (Wildman–Crippen MR) is 83.2 cm³/mol.